The van der Waals surface area contributed by atoms with Crippen molar-refractivity contribution in [3.63, 3.8) is 0 Å². The Morgan fingerprint density at radius 1 is 1.17 bits per heavy atom. The maximum atomic E-state index is 13.0. The van der Waals surface area contributed by atoms with Gasteiger partial charge >= 0.3 is 0 Å². The van der Waals surface area contributed by atoms with Crippen molar-refractivity contribution in [3.05, 3.63) is 58.6 Å². The van der Waals surface area contributed by atoms with Crippen LogP contribution in [-0.2, 0) is 14.8 Å². The number of nitrogens with two attached hydrogens (primary N) is 1. The van der Waals surface area contributed by atoms with Crippen LogP contribution in [0.2, 0.25) is 5.02 Å². The van der Waals surface area contributed by atoms with Crippen LogP contribution in [0.25, 0.3) is 0 Å². The van der Waals surface area contributed by atoms with Gasteiger partial charge in [-0.3, -0.25) is 14.5 Å². The fourth-order valence-electron chi connectivity index (χ4n) is 2.20. The molecule has 0 heterocycles. The van der Waals surface area contributed by atoms with E-state index in [-0.39, 0.29) is 4.90 Å². The second-order valence-electron chi connectivity index (χ2n) is 5.32. The van der Waals surface area contributed by atoms with Crippen molar-refractivity contribution in [2.24, 2.45) is 5.84 Å². The summed E-state index contributed by atoms with van der Waals surface area (Å²) in [6.07, 6.45) is 0. The molecule has 0 unspecified atom stereocenters. The van der Waals surface area contributed by atoms with Gasteiger partial charge < -0.3 is 0 Å². The molecule has 8 heteroatoms. The molecule has 0 radical (unpaired) electrons. The number of amides is 1. The minimum atomic E-state index is -3.96. The average Bonchev–Trinajstić information content (AvgIpc) is 2.55. The summed E-state index contributed by atoms with van der Waals surface area (Å²) in [5, 5.41) is 0.423. The van der Waals surface area contributed by atoms with Gasteiger partial charge in [-0.15, -0.1) is 0 Å². The maximum Gasteiger partial charge on any atom is 0.264 e. The number of sulfonamides is 1. The van der Waals surface area contributed by atoms with E-state index in [2.05, 4.69) is 0 Å². The van der Waals surface area contributed by atoms with Crippen LogP contribution in [0, 0.1) is 13.8 Å². The van der Waals surface area contributed by atoms with E-state index >= 15 is 0 Å². The summed E-state index contributed by atoms with van der Waals surface area (Å²) >= 11 is 5.82. The first-order valence-corrected chi connectivity index (χ1v) is 8.92. The number of aryl methyl sites for hydroxylation is 2. The monoisotopic (exact) mass is 367 g/mol. The number of nitrogens with zero attached hydrogens (tertiary/aromatic N) is 1. The van der Waals surface area contributed by atoms with Crippen molar-refractivity contribution in [1.82, 2.24) is 5.43 Å². The van der Waals surface area contributed by atoms with Crippen molar-refractivity contribution in [2.75, 3.05) is 10.8 Å². The van der Waals surface area contributed by atoms with Crippen LogP contribution in [-0.4, -0.2) is 20.9 Å². The number of carbonyl (C=O) groups is 1. The number of hydrogen-bond donors (Lipinski definition) is 2. The van der Waals surface area contributed by atoms with Gasteiger partial charge in [0.15, 0.2) is 0 Å². The molecule has 2 aromatic carbocycles. The number of nitrogens with one attached hydrogen (secondary N) is 1. The highest BCUT2D eigenvalue weighted by Crippen LogP contribution is 2.28. The van der Waals surface area contributed by atoms with Gasteiger partial charge in [-0.2, -0.15) is 0 Å². The van der Waals surface area contributed by atoms with E-state index in [0.717, 1.165) is 15.4 Å². The van der Waals surface area contributed by atoms with Crippen LogP contribution >= 0.6 is 11.6 Å². The summed E-state index contributed by atoms with van der Waals surface area (Å²) in [5.74, 6) is 4.51. The summed E-state index contributed by atoms with van der Waals surface area (Å²) in [7, 11) is -3.96. The Balaban J connectivity index is 2.59. The predicted octanol–water partition coefficient (Wildman–Crippen LogP) is 2.14. The summed E-state index contributed by atoms with van der Waals surface area (Å²) in [4.78, 5) is 11.8. The molecule has 24 heavy (non-hydrogen) atoms. The van der Waals surface area contributed by atoms with Gasteiger partial charge in [0.1, 0.15) is 6.54 Å². The summed E-state index contributed by atoms with van der Waals surface area (Å²) in [5.41, 5.74) is 3.99. The number of halogens is 1. The highest BCUT2D eigenvalue weighted by atomic mass is 35.5. The summed E-state index contributed by atoms with van der Waals surface area (Å²) < 4.78 is 27.1. The van der Waals surface area contributed by atoms with Gasteiger partial charge in [0.25, 0.3) is 15.9 Å². The smallest absolute Gasteiger partial charge is 0.264 e. The molecule has 0 bridgehead atoms. The SMILES string of the molecule is Cc1ccc(C)c(N(CC(=O)NN)S(=O)(=O)c2ccc(Cl)cc2)c1. The number of hydrazine groups is 1. The van der Waals surface area contributed by atoms with Crippen molar-refractivity contribution in [2.45, 2.75) is 18.7 Å². The molecular formula is C16H18ClN3O3S. The number of rotatable bonds is 5. The molecule has 0 aliphatic rings. The fourth-order valence-corrected chi connectivity index (χ4v) is 3.80. The first kappa shape index (κ1) is 18.3. The molecule has 2 rings (SSSR count). The molecule has 128 valence electrons. The average molecular weight is 368 g/mol. The largest absolute Gasteiger partial charge is 0.293 e. The van der Waals surface area contributed by atoms with Gasteiger partial charge in [-0.1, -0.05) is 23.7 Å². The van der Waals surface area contributed by atoms with Gasteiger partial charge in [0, 0.05) is 5.02 Å². The van der Waals surface area contributed by atoms with E-state index in [0.29, 0.717) is 10.7 Å². The standard InChI is InChI=1S/C16H18ClN3O3S/c1-11-3-4-12(2)15(9-11)20(10-16(21)19-18)24(22,23)14-7-5-13(17)6-8-14/h3-9H,10,18H2,1-2H3,(H,19,21). The molecule has 0 saturated heterocycles. The Labute approximate surface area is 146 Å². The summed E-state index contributed by atoms with van der Waals surface area (Å²) in [6, 6.07) is 11.2. The highest BCUT2D eigenvalue weighted by molar-refractivity contribution is 7.92. The Kier molecular flexibility index (Phi) is 5.48. The molecule has 1 amide bonds. The molecule has 0 saturated carbocycles. The van der Waals surface area contributed by atoms with Crippen LogP contribution in [0.1, 0.15) is 11.1 Å². The van der Waals surface area contributed by atoms with Gasteiger partial charge in [0.05, 0.1) is 10.6 Å². The second kappa shape index (κ2) is 7.21. The molecule has 0 aliphatic heterocycles. The first-order valence-electron chi connectivity index (χ1n) is 7.10. The molecule has 0 aliphatic carbocycles. The quantitative estimate of drug-likeness (QED) is 0.481. The lowest BCUT2D eigenvalue weighted by molar-refractivity contribution is -0.119. The lowest BCUT2D eigenvalue weighted by Crippen LogP contribution is -2.43. The van der Waals surface area contributed by atoms with Crippen molar-refractivity contribution in [1.29, 1.82) is 0 Å². The molecule has 3 N–H and O–H groups in total. The number of anilines is 1. The highest BCUT2D eigenvalue weighted by Gasteiger charge is 2.28. The van der Waals surface area contributed by atoms with E-state index < -0.39 is 22.5 Å². The van der Waals surface area contributed by atoms with Crippen LogP contribution in [0.3, 0.4) is 0 Å². The van der Waals surface area contributed by atoms with E-state index in [1.165, 1.54) is 24.3 Å². The zero-order valence-corrected chi connectivity index (χ0v) is 14.9. The third-order valence-electron chi connectivity index (χ3n) is 3.48. The van der Waals surface area contributed by atoms with Gasteiger partial charge in [-0.25, -0.2) is 14.3 Å². The Bertz CT molecular complexity index is 851. The first-order chi connectivity index (χ1) is 11.3. The zero-order valence-electron chi connectivity index (χ0n) is 13.3. The molecule has 0 spiro atoms. The third-order valence-corrected chi connectivity index (χ3v) is 5.51. The molecule has 6 nitrogen and oxygen atoms in total. The van der Waals surface area contributed by atoms with Crippen molar-refractivity contribution < 1.29 is 13.2 Å². The molecule has 0 atom stereocenters. The zero-order chi connectivity index (χ0) is 17.9. The predicted molar refractivity (Wildman–Crippen MR) is 94.2 cm³/mol. The van der Waals surface area contributed by atoms with E-state index in [1.54, 1.807) is 19.1 Å². The van der Waals surface area contributed by atoms with E-state index in [1.807, 2.05) is 18.4 Å². The van der Waals surface area contributed by atoms with Crippen LogP contribution in [0.4, 0.5) is 5.69 Å². The van der Waals surface area contributed by atoms with Crippen LogP contribution in [0.15, 0.2) is 47.4 Å². The maximum absolute atomic E-state index is 13.0. The van der Waals surface area contributed by atoms with E-state index in [9.17, 15) is 13.2 Å². The Morgan fingerprint density at radius 3 is 2.38 bits per heavy atom. The van der Waals surface area contributed by atoms with Gasteiger partial charge in [0.2, 0.25) is 0 Å². The fraction of sp³-hybridized carbons (Fsp3) is 0.188. The molecule has 0 aromatic heterocycles. The Hall–Kier alpha value is -2.09. The third kappa shape index (κ3) is 3.87. The normalized spacial score (nSPS) is 11.2. The van der Waals surface area contributed by atoms with Crippen molar-refractivity contribution >= 4 is 33.2 Å². The van der Waals surface area contributed by atoms with Crippen LogP contribution in [0.5, 0.6) is 0 Å². The van der Waals surface area contributed by atoms with Crippen molar-refractivity contribution in [3.8, 4) is 0 Å². The minimum Gasteiger partial charge on any atom is -0.293 e. The topological polar surface area (TPSA) is 92.5 Å². The molecule has 2 aromatic rings. The second-order valence-corrected chi connectivity index (χ2v) is 7.62. The number of benzene rings is 2. The summed E-state index contributed by atoms with van der Waals surface area (Å²) in [6.45, 7) is 3.20. The van der Waals surface area contributed by atoms with Crippen LogP contribution < -0.4 is 15.6 Å². The molecule has 0 fully saturated rings. The lowest BCUT2D eigenvalue weighted by atomic mass is 10.1. The van der Waals surface area contributed by atoms with E-state index in [4.69, 9.17) is 17.4 Å². The Morgan fingerprint density at radius 2 is 1.79 bits per heavy atom. The van der Waals surface area contributed by atoms with Gasteiger partial charge in [-0.05, 0) is 55.3 Å². The lowest BCUT2D eigenvalue weighted by Gasteiger charge is -2.25. The molecular weight excluding hydrogens is 350 g/mol. The minimum absolute atomic E-state index is 0.0395. The number of hydrogen-bond acceptors (Lipinski definition) is 4. The number of carbonyl (C=O) groups excluding carboxylic acids is 1.